The minimum atomic E-state index is -0.962. The fourth-order valence-corrected chi connectivity index (χ4v) is 2.05. The van der Waals surface area contributed by atoms with Crippen LogP contribution in [0, 0.1) is 0 Å². The number of aromatic nitrogens is 2. The van der Waals surface area contributed by atoms with Crippen LogP contribution in [0.3, 0.4) is 0 Å². The molecule has 134 valence electrons. The minimum absolute atomic E-state index is 0.00268. The Morgan fingerprint density at radius 2 is 1.96 bits per heavy atom. The van der Waals surface area contributed by atoms with Gasteiger partial charge in [0.2, 0.25) is 5.69 Å². The van der Waals surface area contributed by atoms with E-state index < -0.39 is 18.0 Å². The zero-order chi connectivity index (χ0) is 18.2. The van der Waals surface area contributed by atoms with Crippen LogP contribution in [-0.2, 0) is 14.3 Å². The third-order valence-corrected chi connectivity index (χ3v) is 3.37. The van der Waals surface area contributed by atoms with Gasteiger partial charge in [0.15, 0.2) is 11.9 Å². The lowest BCUT2D eigenvalue weighted by molar-refractivity contribution is -0.129. The second kappa shape index (κ2) is 8.84. The van der Waals surface area contributed by atoms with Crippen LogP contribution in [0.1, 0.15) is 17.4 Å². The molecule has 1 atom stereocenters. The number of nitrogens with one attached hydrogen (secondary N) is 1. The van der Waals surface area contributed by atoms with Gasteiger partial charge in [0.05, 0.1) is 25.6 Å². The normalized spacial score (nSPS) is 11.6. The van der Waals surface area contributed by atoms with Crippen LogP contribution in [0.25, 0.3) is 5.69 Å². The SMILES string of the molecule is COCCNC(=O)[C@@H](C)OC(=O)c1nn(-c2ccccc2)cc1OC. The van der Waals surface area contributed by atoms with E-state index in [1.54, 1.807) is 6.20 Å². The highest BCUT2D eigenvalue weighted by molar-refractivity contribution is 5.92. The zero-order valence-corrected chi connectivity index (χ0v) is 14.4. The highest BCUT2D eigenvalue weighted by Crippen LogP contribution is 2.20. The van der Waals surface area contributed by atoms with Crippen LogP contribution in [0.2, 0.25) is 0 Å². The third kappa shape index (κ3) is 4.80. The number of nitrogens with zero attached hydrogens (tertiary/aromatic N) is 2. The number of carbonyl (C=O) groups excluding carboxylic acids is 2. The van der Waals surface area contributed by atoms with Gasteiger partial charge in [-0.05, 0) is 19.1 Å². The van der Waals surface area contributed by atoms with Crippen molar-refractivity contribution < 1.29 is 23.8 Å². The number of methoxy groups -OCH3 is 2. The summed E-state index contributed by atoms with van der Waals surface area (Å²) in [5.41, 5.74) is 0.771. The second-order valence-corrected chi connectivity index (χ2v) is 5.16. The number of hydrogen-bond acceptors (Lipinski definition) is 6. The Kier molecular flexibility index (Phi) is 6.53. The zero-order valence-electron chi connectivity index (χ0n) is 14.4. The fraction of sp³-hybridized carbons (Fsp3) is 0.353. The van der Waals surface area contributed by atoms with Crippen LogP contribution in [0.15, 0.2) is 36.5 Å². The van der Waals surface area contributed by atoms with E-state index in [9.17, 15) is 9.59 Å². The van der Waals surface area contributed by atoms with Crippen molar-refractivity contribution >= 4 is 11.9 Å². The molecule has 0 saturated heterocycles. The molecule has 1 aromatic heterocycles. The number of ether oxygens (including phenoxy) is 3. The van der Waals surface area contributed by atoms with Crippen LogP contribution in [-0.4, -0.2) is 55.1 Å². The maximum Gasteiger partial charge on any atom is 0.363 e. The number of rotatable bonds is 8. The Morgan fingerprint density at radius 3 is 2.60 bits per heavy atom. The quantitative estimate of drug-likeness (QED) is 0.570. The lowest BCUT2D eigenvalue weighted by atomic mass is 10.3. The van der Waals surface area contributed by atoms with Gasteiger partial charge in [-0.25, -0.2) is 9.48 Å². The lowest BCUT2D eigenvalue weighted by Crippen LogP contribution is -2.37. The summed E-state index contributed by atoms with van der Waals surface area (Å²) in [5, 5.41) is 6.81. The predicted molar refractivity (Wildman–Crippen MR) is 89.9 cm³/mol. The van der Waals surface area contributed by atoms with Crippen LogP contribution in [0.4, 0.5) is 0 Å². The van der Waals surface area contributed by atoms with Gasteiger partial charge < -0.3 is 19.5 Å². The Balaban J connectivity index is 2.08. The van der Waals surface area contributed by atoms with Crippen molar-refractivity contribution in [1.29, 1.82) is 0 Å². The molecular formula is C17H21N3O5. The molecular weight excluding hydrogens is 326 g/mol. The first-order valence-corrected chi connectivity index (χ1v) is 7.73. The summed E-state index contributed by atoms with van der Waals surface area (Å²) in [4.78, 5) is 24.2. The first-order valence-electron chi connectivity index (χ1n) is 7.73. The lowest BCUT2D eigenvalue weighted by Gasteiger charge is -2.12. The van der Waals surface area contributed by atoms with Gasteiger partial charge in [-0.3, -0.25) is 4.79 Å². The second-order valence-electron chi connectivity index (χ2n) is 5.16. The van der Waals surface area contributed by atoms with Crippen LogP contribution < -0.4 is 10.1 Å². The Hall–Kier alpha value is -2.87. The maximum atomic E-state index is 12.3. The number of amides is 1. The third-order valence-electron chi connectivity index (χ3n) is 3.37. The summed E-state index contributed by atoms with van der Waals surface area (Å²) < 4.78 is 16.7. The summed E-state index contributed by atoms with van der Waals surface area (Å²) in [6.45, 7) is 2.20. The highest BCUT2D eigenvalue weighted by Gasteiger charge is 2.24. The topological polar surface area (TPSA) is 91.7 Å². The summed E-state index contributed by atoms with van der Waals surface area (Å²) in [7, 11) is 2.97. The minimum Gasteiger partial charge on any atom is -0.493 e. The molecule has 1 amide bonds. The van der Waals surface area contributed by atoms with Crippen molar-refractivity contribution in [2.75, 3.05) is 27.4 Å². The standard InChI is InChI=1S/C17H21N3O5/c1-12(16(21)18-9-10-23-2)25-17(22)15-14(24-3)11-20(19-15)13-7-5-4-6-8-13/h4-8,11-12H,9-10H2,1-3H3,(H,18,21)/t12-/m1/s1. The van der Waals surface area contributed by atoms with Gasteiger partial charge in [-0.1, -0.05) is 18.2 Å². The van der Waals surface area contributed by atoms with E-state index in [2.05, 4.69) is 10.4 Å². The molecule has 1 N–H and O–H groups in total. The van der Waals surface area contributed by atoms with Crippen LogP contribution in [0.5, 0.6) is 5.75 Å². The number of esters is 1. The molecule has 1 heterocycles. The van der Waals surface area contributed by atoms with E-state index in [1.807, 2.05) is 30.3 Å². The van der Waals surface area contributed by atoms with E-state index in [1.165, 1.54) is 25.8 Å². The molecule has 0 radical (unpaired) electrons. The molecule has 0 aliphatic heterocycles. The molecule has 0 aliphatic carbocycles. The molecule has 0 saturated carbocycles. The van der Waals surface area contributed by atoms with Crippen molar-refractivity contribution in [3.05, 3.63) is 42.2 Å². The van der Waals surface area contributed by atoms with Crippen molar-refractivity contribution in [3.63, 3.8) is 0 Å². The first-order chi connectivity index (χ1) is 12.1. The Morgan fingerprint density at radius 1 is 1.24 bits per heavy atom. The van der Waals surface area contributed by atoms with Gasteiger partial charge in [0, 0.05) is 13.7 Å². The molecule has 8 heteroatoms. The highest BCUT2D eigenvalue weighted by atomic mass is 16.6. The summed E-state index contributed by atoms with van der Waals surface area (Å²) in [6, 6.07) is 9.27. The molecule has 1 aromatic carbocycles. The molecule has 0 fully saturated rings. The summed E-state index contributed by atoms with van der Waals surface area (Å²) in [5.74, 6) is -0.881. The Bertz CT molecular complexity index is 714. The van der Waals surface area contributed by atoms with E-state index in [4.69, 9.17) is 14.2 Å². The van der Waals surface area contributed by atoms with Gasteiger partial charge in [-0.15, -0.1) is 0 Å². The molecule has 0 spiro atoms. The van der Waals surface area contributed by atoms with Gasteiger partial charge in [-0.2, -0.15) is 5.10 Å². The van der Waals surface area contributed by atoms with Crippen molar-refractivity contribution in [2.45, 2.75) is 13.0 Å². The largest absolute Gasteiger partial charge is 0.493 e. The van der Waals surface area contributed by atoms with E-state index >= 15 is 0 Å². The molecule has 2 aromatic rings. The molecule has 0 unspecified atom stereocenters. The van der Waals surface area contributed by atoms with Gasteiger partial charge in [0.1, 0.15) is 0 Å². The monoisotopic (exact) mass is 347 g/mol. The number of hydrogen-bond donors (Lipinski definition) is 1. The molecule has 8 nitrogen and oxygen atoms in total. The van der Waals surface area contributed by atoms with Crippen molar-refractivity contribution in [3.8, 4) is 11.4 Å². The number of benzene rings is 1. The molecule has 25 heavy (non-hydrogen) atoms. The number of para-hydroxylation sites is 1. The van der Waals surface area contributed by atoms with Gasteiger partial charge >= 0.3 is 5.97 Å². The number of carbonyl (C=O) groups is 2. The van der Waals surface area contributed by atoms with Gasteiger partial charge in [0.25, 0.3) is 5.91 Å². The Labute approximate surface area is 145 Å². The maximum absolute atomic E-state index is 12.3. The summed E-state index contributed by atoms with van der Waals surface area (Å²) >= 11 is 0. The molecule has 0 bridgehead atoms. The van der Waals surface area contributed by atoms with E-state index in [-0.39, 0.29) is 11.4 Å². The molecule has 2 rings (SSSR count). The van der Waals surface area contributed by atoms with Crippen LogP contribution >= 0.6 is 0 Å². The predicted octanol–water partition coefficient (Wildman–Crippen LogP) is 1.19. The average Bonchev–Trinajstić information content (AvgIpc) is 3.07. The average molecular weight is 347 g/mol. The first kappa shape index (κ1) is 18.5. The molecule has 0 aliphatic rings. The van der Waals surface area contributed by atoms with E-state index in [0.717, 1.165) is 5.69 Å². The van der Waals surface area contributed by atoms with Crippen molar-refractivity contribution in [1.82, 2.24) is 15.1 Å². The van der Waals surface area contributed by atoms with E-state index in [0.29, 0.717) is 13.2 Å². The smallest absolute Gasteiger partial charge is 0.363 e. The summed E-state index contributed by atoms with van der Waals surface area (Å²) in [6.07, 6.45) is 0.617. The fourth-order valence-electron chi connectivity index (χ4n) is 2.05. The van der Waals surface area contributed by atoms with Crippen molar-refractivity contribution in [2.24, 2.45) is 0 Å².